The van der Waals surface area contributed by atoms with Crippen molar-refractivity contribution in [2.24, 2.45) is 5.41 Å². The predicted molar refractivity (Wildman–Crippen MR) is 80.8 cm³/mol. The third kappa shape index (κ3) is 3.07. The van der Waals surface area contributed by atoms with Crippen molar-refractivity contribution in [3.8, 4) is 0 Å². The number of hydrogen-bond acceptors (Lipinski definition) is 3. The summed E-state index contributed by atoms with van der Waals surface area (Å²) >= 11 is 0. The van der Waals surface area contributed by atoms with Crippen LogP contribution in [0.1, 0.15) is 52.9 Å². The smallest absolute Gasteiger partial charge is 0.248 e. The summed E-state index contributed by atoms with van der Waals surface area (Å²) in [6.07, 6.45) is 4.50. The van der Waals surface area contributed by atoms with Gasteiger partial charge in [-0.15, -0.1) is 0 Å². The monoisotopic (exact) mass is 296 g/mol. The number of hydrogen-bond donors (Lipinski definition) is 1. The summed E-state index contributed by atoms with van der Waals surface area (Å²) in [5, 5.41) is 2.92. The maximum Gasteiger partial charge on any atom is 0.248 e. The Morgan fingerprint density at radius 1 is 1.33 bits per heavy atom. The number of amides is 2. The number of rotatable bonds is 7. The molecule has 2 aliphatic rings. The highest BCUT2D eigenvalue weighted by Gasteiger charge is 2.51. The van der Waals surface area contributed by atoms with E-state index in [1.807, 2.05) is 25.7 Å². The molecule has 0 aromatic heterocycles. The fourth-order valence-corrected chi connectivity index (χ4v) is 3.18. The molecule has 21 heavy (non-hydrogen) atoms. The molecule has 120 valence electrons. The van der Waals surface area contributed by atoms with Crippen LogP contribution in [0.25, 0.3) is 0 Å². The third-order valence-corrected chi connectivity index (χ3v) is 5.20. The number of piperazine rings is 1. The van der Waals surface area contributed by atoms with E-state index in [1.165, 1.54) is 0 Å². The summed E-state index contributed by atoms with van der Waals surface area (Å²) in [7, 11) is 1.71. The zero-order valence-electron chi connectivity index (χ0n) is 13.7. The van der Waals surface area contributed by atoms with Gasteiger partial charge in [-0.05, 0) is 44.4 Å². The maximum absolute atomic E-state index is 12.9. The molecule has 2 unspecified atom stereocenters. The van der Waals surface area contributed by atoms with E-state index in [4.69, 9.17) is 4.74 Å². The molecule has 1 heterocycles. The zero-order chi connectivity index (χ0) is 15.7. The van der Waals surface area contributed by atoms with Crippen molar-refractivity contribution >= 4 is 11.8 Å². The zero-order valence-corrected chi connectivity index (χ0v) is 13.7. The highest BCUT2D eigenvalue weighted by Crippen LogP contribution is 2.50. The van der Waals surface area contributed by atoms with E-state index in [-0.39, 0.29) is 23.3 Å². The summed E-state index contributed by atoms with van der Waals surface area (Å²) in [4.78, 5) is 27.0. The number of nitrogens with zero attached hydrogens (tertiary/aromatic N) is 1. The second-order valence-corrected chi connectivity index (χ2v) is 6.77. The average molecular weight is 296 g/mol. The van der Waals surface area contributed by atoms with Crippen LogP contribution in [-0.4, -0.2) is 48.6 Å². The van der Waals surface area contributed by atoms with Crippen LogP contribution in [0.3, 0.4) is 0 Å². The standard InChI is InChI=1S/C16H28N2O3/c1-5-12-13(19)17-15(3,6-2)14(20)18(12)11-16(7-8-16)9-10-21-4/h12H,5-11H2,1-4H3,(H,17,19). The van der Waals surface area contributed by atoms with Gasteiger partial charge in [0.05, 0.1) is 0 Å². The van der Waals surface area contributed by atoms with Crippen molar-refractivity contribution in [2.45, 2.75) is 64.5 Å². The maximum atomic E-state index is 12.9. The highest BCUT2D eigenvalue weighted by atomic mass is 16.5. The fraction of sp³-hybridized carbons (Fsp3) is 0.875. The van der Waals surface area contributed by atoms with E-state index < -0.39 is 5.54 Å². The van der Waals surface area contributed by atoms with Gasteiger partial charge in [-0.25, -0.2) is 0 Å². The van der Waals surface area contributed by atoms with Gasteiger partial charge in [0, 0.05) is 20.3 Å². The Bertz CT molecular complexity index is 420. The van der Waals surface area contributed by atoms with Gasteiger partial charge in [0.1, 0.15) is 11.6 Å². The van der Waals surface area contributed by atoms with Crippen molar-refractivity contribution in [3.05, 3.63) is 0 Å². The normalized spacial score (nSPS) is 31.2. The summed E-state index contributed by atoms with van der Waals surface area (Å²) in [5.41, 5.74) is -0.578. The van der Waals surface area contributed by atoms with Gasteiger partial charge in [0.15, 0.2) is 0 Å². The quantitative estimate of drug-likeness (QED) is 0.778. The van der Waals surface area contributed by atoms with Gasteiger partial charge < -0.3 is 15.0 Å². The van der Waals surface area contributed by atoms with Crippen LogP contribution in [0.2, 0.25) is 0 Å². The Balaban J connectivity index is 2.17. The molecule has 5 heteroatoms. The lowest BCUT2D eigenvalue weighted by atomic mass is 9.89. The SMILES string of the molecule is CCC1C(=O)NC(C)(CC)C(=O)N1CC1(CCOC)CC1. The Labute approximate surface area is 127 Å². The molecule has 0 spiro atoms. The van der Waals surface area contributed by atoms with Crippen LogP contribution in [0.4, 0.5) is 0 Å². The predicted octanol–water partition coefficient (Wildman–Crippen LogP) is 1.71. The molecule has 0 aromatic carbocycles. The molecular weight excluding hydrogens is 268 g/mol. The van der Waals surface area contributed by atoms with Gasteiger partial charge in [0.25, 0.3) is 0 Å². The lowest BCUT2D eigenvalue weighted by molar-refractivity contribution is -0.155. The highest BCUT2D eigenvalue weighted by molar-refractivity contribution is 5.99. The second kappa shape index (κ2) is 5.95. The van der Waals surface area contributed by atoms with E-state index in [9.17, 15) is 9.59 Å². The molecule has 0 bridgehead atoms. The minimum atomic E-state index is -0.750. The van der Waals surface area contributed by atoms with Crippen LogP contribution in [-0.2, 0) is 14.3 Å². The minimum Gasteiger partial charge on any atom is -0.385 e. The van der Waals surface area contributed by atoms with E-state index in [0.29, 0.717) is 19.4 Å². The van der Waals surface area contributed by atoms with Gasteiger partial charge in [-0.3, -0.25) is 9.59 Å². The van der Waals surface area contributed by atoms with Crippen LogP contribution in [0, 0.1) is 5.41 Å². The van der Waals surface area contributed by atoms with E-state index in [2.05, 4.69) is 5.32 Å². The van der Waals surface area contributed by atoms with E-state index in [0.717, 1.165) is 25.9 Å². The van der Waals surface area contributed by atoms with Gasteiger partial charge in [-0.1, -0.05) is 13.8 Å². The topological polar surface area (TPSA) is 58.6 Å². The lowest BCUT2D eigenvalue weighted by Crippen LogP contribution is -2.69. The molecule has 0 radical (unpaired) electrons. The van der Waals surface area contributed by atoms with E-state index >= 15 is 0 Å². The van der Waals surface area contributed by atoms with Gasteiger partial charge in [0.2, 0.25) is 11.8 Å². The fourth-order valence-electron chi connectivity index (χ4n) is 3.18. The molecule has 5 nitrogen and oxygen atoms in total. The molecule has 2 amide bonds. The molecule has 2 rings (SSSR count). The molecule has 0 aromatic rings. The first-order valence-corrected chi connectivity index (χ1v) is 8.03. The second-order valence-electron chi connectivity index (χ2n) is 6.77. The number of nitrogens with one attached hydrogen (secondary N) is 1. The van der Waals surface area contributed by atoms with Gasteiger partial charge in [-0.2, -0.15) is 0 Å². The molecule has 1 saturated carbocycles. The van der Waals surface area contributed by atoms with Crippen LogP contribution >= 0.6 is 0 Å². The van der Waals surface area contributed by atoms with Crippen molar-refractivity contribution in [3.63, 3.8) is 0 Å². The summed E-state index contributed by atoms with van der Waals surface area (Å²) in [6, 6.07) is -0.322. The molecule has 2 atom stereocenters. The first-order chi connectivity index (χ1) is 9.91. The Morgan fingerprint density at radius 2 is 2.00 bits per heavy atom. The molecule has 1 saturated heterocycles. The largest absolute Gasteiger partial charge is 0.385 e. The Kier molecular flexibility index (Phi) is 4.61. The number of carbonyl (C=O) groups is 2. The summed E-state index contributed by atoms with van der Waals surface area (Å²) < 4.78 is 5.19. The average Bonchev–Trinajstić information content (AvgIpc) is 3.23. The third-order valence-electron chi connectivity index (χ3n) is 5.20. The van der Waals surface area contributed by atoms with Crippen LogP contribution in [0.5, 0.6) is 0 Å². The summed E-state index contributed by atoms with van der Waals surface area (Å²) in [6.45, 7) is 7.15. The lowest BCUT2D eigenvalue weighted by Gasteiger charge is -2.45. The van der Waals surface area contributed by atoms with Crippen LogP contribution < -0.4 is 5.32 Å². The molecule has 1 N–H and O–H groups in total. The van der Waals surface area contributed by atoms with E-state index in [1.54, 1.807) is 7.11 Å². The first kappa shape index (κ1) is 16.3. The van der Waals surface area contributed by atoms with Crippen molar-refractivity contribution in [1.82, 2.24) is 10.2 Å². The molecule has 2 fully saturated rings. The van der Waals surface area contributed by atoms with Crippen molar-refractivity contribution < 1.29 is 14.3 Å². The van der Waals surface area contributed by atoms with Crippen molar-refractivity contribution in [1.29, 1.82) is 0 Å². The molecule has 1 aliphatic heterocycles. The molecule has 1 aliphatic carbocycles. The Morgan fingerprint density at radius 3 is 2.48 bits per heavy atom. The molecular formula is C16H28N2O3. The number of methoxy groups -OCH3 is 1. The minimum absolute atomic E-state index is 0.0102. The van der Waals surface area contributed by atoms with Crippen molar-refractivity contribution in [2.75, 3.05) is 20.3 Å². The van der Waals surface area contributed by atoms with Gasteiger partial charge >= 0.3 is 0 Å². The van der Waals surface area contributed by atoms with Crippen LogP contribution in [0.15, 0.2) is 0 Å². The Hall–Kier alpha value is -1.10. The first-order valence-electron chi connectivity index (χ1n) is 8.03. The number of ether oxygens (including phenoxy) is 1. The summed E-state index contributed by atoms with van der Waals surface area (Å²) in [5.74, 6) is 0.0594. The number of carbonyl (C=O) groups excluding carboxylic acids is 2.